The summed E-state index contributed by atoms with van der Waals surface area (Å²) in [5, 5.41) is 2.95. The van der Waals surface area contributed by atoms with Gasteiger partial charge in [0, 0.05) is 18.5 Å². The topological polar surface area (TPSA) is 88.8 Å². The molecule has 1 unspecified atom stereocenters. The van der Waals surface area contributed by atoms with Gasteiger partial charge in [0.05, 0.1) is 42.4 Å². The Morgan fingerprint density at radius 3 is 2.52 bits per heavy atom. The van der Waals surface area contributed by atoms with Crippen molar-refractivity contribution in [2.45, 2.75) is 51.6 Å². The zero-order chi connectivity index (χ0) is 19.9. The number of nitrogens with zero attached hydrogens (tertiary/aromatic N) is 1. The van der Waals surface area contributed by atoms with Gasteiger partial charge < -0.3 is 14.5 Å². The molecule has 0 aliphatic carbocycles. The second-order valence-electron chi connectivity index (χ2n) is 8.94. The minimum absolute atomic E-state index is 0.0193. The van der Waals surface area contributed by atoms with Crippen molar-refractivity contribution in [2.75, 3.05) is 37.8 Å². The van der Waals surface area contributed by atoms with Gasteiger partial charge in [-0.25, -0.2) is 8.42 Å². The van der Waals surface area contributed by atoms with Crippen LogP contribution in [0.4, 0.5) is 0 Å². The molecule has 1 N–H and O–H groups in total. The zero-order valence-corrected chi connectivity index (χ0v) is 17.4. The highest BCUT2D eigenvalue weighted by Crippen LogP contribution is 2.30. The number of sulfone groups is 1. The monoisotopic (exact) mass is 398 g/mol. The lowest BCUT2D eigenvalue weighted by atomic mass is 9.93. The maximum absolute atomic E-state index is 13.0. The molecule has 0 spiro atoms. The van der Waals surface area contributed by atoms with Crippen LogP contribution >= 0.6 is 0 Å². The minimum Gasteiger partial charge on any atom is -0.463 e. The molecule has 1 atom stereocenters. The van der Waals surface area contributed by atoms with E-state index in [1.54, 1.807) is 13.0 Å². The maximum atomic E-state index is 13.0. The van der Waals surface area contributed by atoms with Crippen LogP contribution in [0.15, 0.2) is 10.5 Å². The normalized spacial score (nSPS) is 26.2. The van der Waals surface area contributed by atoms with E-state index in [0.717, 1.165) is 18.8 Å². The molecule has 0 bridgehead atoms. The SMILES string of the molecule is CC1(NC(=O)c2cc(C(C)(C)C)oc2CN2CCOCC2)CCS(=O)(=O)C1. The molecule has 1 aromatic rings. The fourth-order valence-corrected chi connectivity index (χ4v) is 5.61. The highest BCUT2D eigenvalue weighted by atomic mass is 32.2. The van der Waals surface area contributed by atoms with Gasteiger partial charge in [-0.2, -0.15) is 0 Å². The molecule has 0 aromatic carbocycles. The molecule has 3 heterocycles. The van der Waals surface area contributed by atoms with E-state index in [9.17, 15) is 13.2 Å². The van der Waals surface area contributed by atoms with E-state index in [1.165, 1.54) is 0 Å². The van der Waals surface area contributed by atoms with E-state index in [1.807, 2.05) is 20.8 Å². The van der Waals surface area contributed by atoms with Gasteiger partial charge >= 0.3 is 0 Å². The van der Waals surface area contributed by atoms with E-state index in [0.29, 0.717) is 37.5 Å². The molecule has 2 saturated heterocycles. The Morgan fingerprint density at radius 1 is 1.30 bits per heavy atom. The van der Waals surface area contributed by atoms with Crippen LogP contribution in [0.1, 0.15) is 56.0 Å². The summed E-state index contributed by atoms with van der Waals surface area (Å²) in [6.07, 6.45) is 0.434. The summed E-state index contributed by atoms with van der Waals surface area (Å²) in [5.74, 6) is 1.21. The molecule has 2 aliphatic heterocycles. The highest BCUT2D eigenvalue weighted by molar-refractivity contribution is 7.91. The highest BCUT2D eigenvalue weighted by Gasteiger charge is 2.40. The molecule has 3 rings (SSSR count). The first-order valence-corrected chi connectivity index (χ1v) is 11.3. The van der Waals surface area contributed by atoms with Crippen molar-refractivity contribution < 1.29 is 22.4 Å². The maximum Gasteiger partial charge on any atom is 0.255 e. The van der Waals surface area contributed by atoms with Crippen molar-refractivity contribution in [3.05, 3.63) is 23.2 Å². The number of amides is 1. The average molecular weight is 399 g/mol. The fraction of sp³-hybridized carbons (Fsp3) is 0.737. The lowest BCUT2D eigenvalue weighted by Crippen LogP contribution is -2.47. The summed E-state index contributed by atoms with van der Waals surface area (Å²) >= 11 is 0. The van der Waals surface area contributed by atoms with Crippen molar-refractivity contribution in [3.8, 4) is 0 Å². The summed E-state index contributed by atoms with van der Waals surface area (Å²) in [7, 11) is -3.09. The van der Waals surface area contributed by atoms with E-state index in [4.69, 9.17) is 9.15 Å². The Kier molecular flexibility index (Phi) is 5.44. The van der Waals surface area contributed by atoms with Gasteiger partial charge in [-0.15, -0.1) is 0 Å². The van der Waals surface area contributed by atoms with Gasteiger partial charge in [-0.05, 0) is 19.4 Å². The Morgan fingerprint density at radius 2 is 1.96 bits per heavy atom. The Balaban J connectivity index is 1.83. The first-order chi connectivity index (χ1) is 12.5. The molecule has 8 heteroatoms. The number of hydrogen-bond acceptors (Lipinski definition) is 6. The molecule has 1 aromatic heterocycles. The van der Waals surface area contributed by atoms with E-state index in [2.05, 4.69) is 10.2 Å². The van der Waals surface area contributed by atoms with Gasteiger partial charge in [0.2, 0.25) is 0 Å². The number of nitrogens with one attached hydrogen (secondary N) is 1. The number of hydrogen-bond donors (Lipinski definition) is 1. The Labute approximate surface area is 161 Å². The second kappa shape index (κ2) is 7.22. The van der Waals surface area contributed by atoms with Crippen LogP contribution in [0.5, 0.6) is 0 Å². The Bertz CT molecular complexity index is 803. The summed E-state index contributed by atoms with van der Waals surface area (Å²) in [5.41, 5.74) is -0.457. The van der Waals surface area contributed by atoms with Crippen LogP contribution in [0.25, 0.3) is 0 Å². The fourth-order valence-electron chi connectivity index (χ4n) is 3.52. The van der Waals surface area contributed by atoms with Crippen molar-refractivity contribution in [1.29, 1.82) is 0 Å². The lowest BCUT2D eigenvalue weighted by molar-refractivity contribution is 0.0309. The van der Waals surface area contributed by atoms with Gasteiger partial charge in [-0.1, -0.05) is 20.8 Å². The summed E-state index contributed by atoms with van der Waals surface area (Å²) in [6.45, 7) is 11.4. The van der Waals surface area contributed by atoms with Crippen LogP contribution < -0.4 is 5.32 Å². The van der Waals surface area contributed by atoms with Crippen molar-refractivity contribution in [3.63, 3.8) is 0 Å². The lowest BCUT2D eigenvalue weighted by Gasteiger charge is -2.26. The predicted octanol–water partition coefficient (Wildman–Crippen LogP) is 1.72. The molecule has 0 saturated carbocycles. The standard InChI is InChI=1S/C19H30N2O5S/c1-18(2,3)16-11-14(15(26-16)12-21-6-8-25-9-7-21)17(22)20-19(4)5-10-27(23,24)13-19/h11H,5-10,12-13H2,1-4H3,(H,20,22). The van der Waals surface area contributed by atoms with Gasteiger partial charge in [0.1, 0.15) is 11.5 Å². The molecule has 1 amide bonds. The largest absolute Gasteiger partial charge is 0.463 e. The molecule has 7 nitrogen and oxygen atoms in total. The number of furan rings is 1. The molecule has 0 radical (unpaired) electrons. The zero-order valence-electron chi connectivity index (χ0n) is 16.6. The van der Waals surface area contributed by atoms with E-state index >= 15 is 0 Å². The first-order valence-electron chi connectivity index (χ1n) is 9.44. The number of carbonyl (C=O) groups excluding carboxylic acids is 1. The molecule has 152 valence electrons. The molecule has 2 fully saturated rings. The third-order valence-corrected chi connectivity index (χ3v) is 7.09. The number of rotatable bonds is 4. The van der Waals surface area contributed by atoms with E-state index < -0.39 is 15.4 Å². The summed E-state index contributed by atoms with van der Waals surface area (Å²) in [4.78, 5) is 15.2. The van der Waals surface area contributed by atoms with Gasteiger partial charge in [-0.3, -0.25) is 9.69 Å². The van der Waals surface area contributed by atoms with E-state index in [-0.39, 0.29) is 22.8 Å². The van der Waals surface area contributed by atoms with Crippen LogP contribution in [-0.2, 0) is 26.5 Å². The van der Waals surface area contributed by atoms with Gasteiger partial charge in [0.15, 0.2) is 9.84 Å². The third kappa shape index (κ3) is 4.92. The number of carbonyl (C=O) groups is 1. The van der Waals surface area contributed by atoms with Crippen LogP contribution in [-0.4, -0.2) is 62.6 Å². The van der Waals surface area contributed by atoms with Crippen molar-refractivity contribution in [1.82, 2.24) is 10.2 Å². The quantitative estimate of drug-likeness (QED) is 0.831. The number of ether oxygens (including phenoxy) is 1. The van der Waals surface area contributed by atoms with Gasteiger partial charge in [0.25, 0.3) is 5.91 Å². The van der Waals surface area contributed by atoms with Crippen molar-refractivity contribution >= 4 is 15.7 Å². The van der Waals surface area contributed by atoms with Crippen LogP contribution in [0.3, 0.4) is 0 Å². The molecular weight excluding hydrogens is 368 g/mol. The first kappa shape index (κ1) is 20.4. The molecule has 27 heavy (non-hydrogen) atoms. The summed E-state index contributed by atoms with van der Waals surface area (Å²) < 4.78 is 35.1. The number of morpholine rings is 1. The Hall–Kier alpha value is -1.38. The third-order valence-electron chi connectivity index (χ3n) is 5.18. The second-order valence-corrected chi connectivity index (χ2v) is 11.1. The van der Waals surface area contributed by atoms with Crippen LogP contribution in [0, 0.1) is 0 Å². The van der Waals surface area contributed by atoms with Crippen LogP contribution in [0.2, 0.25) is 0 Å². The minimum atomic E-state index is -3.09. The average Bonchev–Trinajstić information content (AvgIpc) is 3.09. The summed E-state index contributed by atoms with van der Waals surface area (Å²) in [6, 6.07) is 1.80. The molecular formula is C19H30N2O5S. The van der Waals surface area contributed by atoms with Crippen molar-refractivity contribution in [2.24, 2.45) is 0 Å². The molecule has 2 aliphatic rings. The predicted molar refractivity (Wildman–Crippen MR) is 103 cm³/mol. The smallest absolute Gasteiger partial charge is 0.255 e.